The minimum atomic E-state index is 0.218. The predicted molar refractivity (Wildman–Crippen MR) is 79.7 cm³/mol. The second-order valence-electron chi connectivity index (χ2n) is 5.70. The number of hydrogen-bond acceptors (Lipinski definition) is 4. The van der Waals surface area contributed by atoms with Crippen LogP contribution in [0.15, 0.2) is 11.4 Å². The van der Waals surface area contributed by atoms with Crippen molar-refractivity contribution >= 4 is 17.2 Å². The summed E-state index contributed by atoms with van der Waals surface area (Å²) < 4.78 is 0. The fourth-order valence-electron chi connectivity index (χ4n) is 3.25. The number of nitrogens with zero attached hydrogens (tertiary/aromatic N) is 2. The molecule has 1 fully saturated rings. The SMILES string of the molecule is O=C(CCN1CCCC1CO)N1CCc2sccc2C1. The van der Waals surface area contributed by atoms with E-state index in [4.69, 9.17) is 0 Å². The maximum Gasteiger partial charge on any atom is 0.224 e. The van der Waals surface area contributed by atoms with Gasteiger partial charge in [-0.25, -0.2) is 0 Å². The highest BCUT2D eigenvalue weighted by molar-refractivity contribution is 7.10. The molecule has 2 aliphatic rings. The Hall–Kier alpha value is -0.910. The minimum Gasteiger partial charge on any atom is -0.395 e. The van der Waals surface area contributed by atoms with Crippen molar-refractivity contribution in [3.63, 3.8) is 0 Å². The zero-order valence-electron chi connectivity index (χ0n) is 11.8. The Balaban J connectivity index is 1.50. The molecule has 0 aliphatic carbocycles. The van der Waals surface area contributed by atoms with Crippen LogP contribution in [0.1, 0.15) is 29.7 Å². The highest BCUT2D eigenvalue weighted by atomic mass is 32.1. The number of carbonyl (C=O) groups is 1. The van der Waals surface area contributed by atoms with Gasteiger partial charge in [-0.2, -0.15) is 0 Å². The van der Waals surface area contributed by atoms with E-state index in [-0.39, 0.29) is 18.6 Å². The number of likely N-dealkylation sites (tertiary alicyclic amines) is 1. The van der Waals surface area contributed by atoms with Crippen molar-refractivity contribution in [1.82, 2.24) is 9.80 Å². The van der Waals surface area contributed by atoms with Crippen LogP contribution in [0.25, 0.3) is 0 Å². The zero-order chi connectivity index (χ0) is 13.9. The standard InChI is InChI=1S/C15H22N2O2S/c18-11-13-2-1-6-16(13)8-4-15(19)17-7-3-14-12(10-17)5-9-20-14/h5,9,13,18H,1-4,6-8,10-11H2. The molecule has 1 unspecified atom stereocenters. The van der Waals surface area contributed by atoms with Gasteiger partial charge in [-0.1, -0.05) is 0 Å². The van der Waals surface area contributed by atoms with E-state index in [2.05, 4.69) is 16.3 Å². The first-order valence-corrected chi connectivity index (χ1v) is 8.34. The Bertz CT molecular complexity index is 474. The molecular formula is C15H22N2O2S. The second kappa shape index (κ2) is 6.24. The van der Waals surface area contributed by atoms with Gasteiger partial charge in [0.25, 0.3) is 0 Å². The average molecular weight is 294 g/mol. The maximum absolute atomic E-state index is 12.3. The van der Waals surface area contributed by atoms with Crippen LogP contribution in [0.3, 0.4) is 0 Å². The first kappa shape index (κ1) is 14.0. The van der Waals surface area contributed by atoms with Crippen LogP contribution in [0.5, 0.6) is 0 Å². The van der Waals surface area contributed by atoms with E-state index >= 15 is 0 Å². The molecular weight excluding hydrogens is 272 g/mol. The third-order valence-electron chi connectivity index (χ3n) is 4.48. The Morgan fingerprint density at radius 1 is 1.45 bits per heavy atom. The summed E-state index contributed by atoms with van der Waals surface area (Å²) in [7, 11) is 0. The third-order valence-corrected chi connectivity index (χ3v) is 5.51. The normalized spacial score (nSPS) is 23.1. The van der Waals surface area contributed by atoms with E-state index in [0.717, 1.165) is 45.4 Å². The summed E-state index contributed by atoms with van der Waals surface area (Å²) in [6, 6.07) is 2.41. The Labute approximate surface area is 124 Å². The van der Waals surface area contributed by atoms with Crippen molar-refractivity contribution in [2.75, 3.05) is 26.2 Å². The van der Waals surface area contributed by atoms with E-state index in [1.807, 2.05) is 4.90 Å². The van der Waals surface area contributed by atoms with Gasteiger partial charge in [0.05, 0.1) is 6.61 Å². The molecule has 0 saturated carbocycles. The van der Waals surface area contributed by atoms with Crippen LogP contribution in [0.4, 0.5) is 0 Å². The molecule has 1 aromatic rings. The fraction of sp³-hybridized carbons (Fsp3) is 0.667. The van der Waals surface area contributed by atoms with Crippen molar-refractivity contribution in [2.45, 2.75) is 38.3 Å². The number of thiophene rings is 1. The Kier molecular flexibility index (Phi) is 4.38. The zero-order valence-corrected chi connectivity index (χ0v) is 12.6. The summed E-state index contributed by atoms with van der Waals surface area (Å²) in [4.78, 5) is 18.0. The molecule has 0 spiro atoms. The molecule has 4 nitrogen and oxygen atoms in total. The second-order valence-corrected chi connectivity index (χ2v) is 6.70. The van der Waals surface area contributed by atoms with Crippen molar-refractivity contribution in [1.29, 1.82) is 0 Å². The number of carbonyl (C=O) groups excluding carboxylic acids is 1. The summed E-state index contributed by atoms with van der Waals surface area (Å²) in [6.45, 7) is 3.66. The van der Waals surface area contributed by atoms with Gasteiger partial charge in [-0.3, -0.25) is 9.69 Å². The van der Waals surface area contributed by atoms with Gasteiger partial charge in [-0.15, -0.1) is 11.3 Å². The topological polar surface area (TPSA) is 43.8 Å². The molecule has 1 atom stereocenters. The lowest BCUT2D eigenvalue weighted by molar-refractivity contribution is -0.132. The Morgan fingerprint density at radius 2 is 2.35 bits per heavy atom. The third kappa shape index (κ3) is 2.90. The van der Waals surface area contributed by atoms with E-state index in [1.54, 1.807) is 11.3 Å². The quantitative estimate of drug-likeness (QED) is 0.915. The number of aliphatic hydroxyl groups is 1. The highest BCUT2D eigenvalue weighted by Crippen LogP contribution is 2.24. The van der Waals surface area contributed by atoms with Crippen LogP contribution >= 0.6 is 11.3 Å². The molecule has 1 aromatic heterocycles. The summed E-state index contributed by atoms with van der Waals surface area (Å²) in [6.07, 6.45) is 3.78. The largest absolute Gasteiger partial charge is 0.395 e. The summed E-state index contributed by atoms with van der Waals surface area (Å²) >= 11 is 1.80. The van der Waals surface area contributed by atoms with E-state index in [9.17, 15) is 9.90 Å². The van der Waals surface area contributed by atoms with Crippen LogP contribution in [-0.2, 0) is 17.8 Å². The fourth-order valence-corrected chi connectivity index (χ4v) is 4.14. The molecule has 3 heterocycles. The molecule has 0 aromatic carbocycles. The van der Waals surface area contributed by atoms with Crippen molar-refractivity contribution < 1.29 is 9.90 Å². The van der Waals surface area contributed by atoms with Gasteiger partial charge < -0.3 is 10.0 Å². The lowest BCUT2D eigenvalue weighted by atomic mass is 10.1. The van der Waals surface area contributed by atoms with Crippen molar-refractivity contribution in [3.05, 3.63) is 21.9 Å². The first-order chi connectivity index (χ1) is 9.78. The summed E-state index contributed by atoms with van der Waals surface area (Å²) in [5.41, 5.74) is 1.32. The smallest absolute Gasteiger partial charge is 0.224 e. The number of rotatable bonds is 4. The summed E-state index contributed by atoms with van der Waals surface area (Å²) in [5.74, 6) is 0.255. The van der Waals surface area contributed by atoms with Crippen LogP contribution in [0.2, 0.25) is 0 Å². The lowest BCUT2D eigenvalue weighted by Crippen LogP contribution is -2.39. The van der Waals surface area contributed by atoms with Crippen LogP contribution < -0.4 is 0 Å². The molecule has 0 bridgehead atoms. The van der Waals surface area contributed by atoms with Gasteiger partial charge in [-0.05, 0) is 42.8 Å². The molecule has 0 radical (unpaired) electrons. The average Bonchev–Trinajstić information content (AvgIpc) is 3.12. The van der Waals surface area contributed by atoms with Crippen LogP contribution in [-0.4, -0.2) is 53.1 Å². The molecule has 2 aliphatic heterocycles. The maximum atomic E-state index is 12.3. The minimum absolute atomic E-state index is 0.218. The van der Waals surface area contributed by atoms with E-state index < -0.39 is 0 Å². The van der Waals surface area contributed by atoms with Gasteiger partial charge in [0.2, 0.25) is 5.91 Å². The van der Waals surface area contributed by atoms with Gasteiger partial charge >= 0.3 is 0 Å². The van der Waals surface area contributed by atoms with Crippen molar-refractivity contribution in [2.24, 2.45) is 0 Å². The number of fused-ring (bicyclic) bond motifs is 1. The molecule has 1 saturated heterocycles. The number of hydrogen-bond donors (Lipinski definition) is 1. The molecule has 3 rings (SSSR count). The predicted octanol–water partition coefficient (Wildman–Crippen LogP) is 1.48. The van der Waals surface area contributed by atoms with E-state index in [1.165, 1.54) is 10.4 Å². The van der Waals surface area contributed by atoms with Crippen molar-refractivity contribution in [3.8, 4) is 0 Å². The highest BCUT2D eigenvalue weighted by Gasteiger charge is 2.26. The Morgan fingerprint density at radius 3 is 3.20 bits per heavy atom. The molecule has 110 valence electrons. The van der Waals surface area contributed by atoms with Crippen LogP contribution in [0, 0.1) is 0 Å². The first-order valence-electron chi connectivity index (χ1n) is 7.46. The van der Waals surface area contributed by atoms with Gasteiger partial charge in [0, 0.05) is 37.0 Å². The van der Waals surface area contributed by atoms with Gasteiger partial charge in [0.15, 0.2) is 0 Å². The van der Waals surface area contributed by atoms with Gasteiger partial charge in [0.1, 0.15) is 0 Å². The lowest BCUT2D eigenvalue weighted by Gasteiger charge is -2.28. The number of aliphatic hydroxyl groups excluding tert-OH is 1. The van der Waals surface area contributed by atoms with E-state index in [0.29, 0.717) is 6.42 Å². The summed E-state index contributed by atoms with van der Waals surface area (Å²) in [5, 5.41) is 11.4. The molecule has 1 N–H and O–H groups in total. The molecule has 1 amide bonds. The monoisotopic (exact) mass is 294 g/mol. The molecule has 20 heavy (non-hydrogen) atoms. The molecule has 5 heteroatoms. The number of amides is 1.